The van der Waals surface area contributed by atoms with Crippen molar-refractivity contribution < 1.29 is 23.9 Å². The zero-order chi connectivity index (χ0) is 16.3. The molecule has 1 heterocycles. The van der Waals surface area contributed by atoms with Crippen LogP contribution in [0.25, 0.3) is 0 Å². The second-order valence-electron chi connectivity index (χ2n) is 4.83. The molecule has 0 amide bonds. The highest BCUT2D eigenvalue weighted by molar-refractivity contribution is 6.18. The number of Topliss-reactive ketones (excluding diaryl/α,β-unsaturated/α-hetero) is 3. The zero-order valence-corrected chi connectivity index (χ0v) is 12.0. The van der Waals surface area contributed by atoms with Crippen molar-refractivity contribution in [2.45, 2.75) is 19.4 Å². The fraction of sp³-hybridized carbons (Fsp3) is 0.176. The Morgan fingerprint density at radius 2 is 1.91 bits per heavy atom. The Labute approximate surface area is 127 Å². The summed E-state index contributed by atoms with van der Waals surface area (Å²) in [6.07, 6.45) is 0.272. The molecule has 0 aliphatic carbocycles. The second-order valence-corrected chi connectivity index (χ2v) is 4.83. The molecule has 0 spiro atoms. The molecular formula is C17H14O5. The maximum Gasteiger partial charge on any atom is 0.204 e. The number of aldehydes is 1. The van der Waals surface area contributed by atoms with E-state index in [2.05, 4.69) is 6.58 Å². The van der Waals surface area contributed by atoms with Crippen LogP contribution in [-0.2, 0) is 14.3 Å². The van der Waals surface area contributed by atoms with E-state index in [4.69, 9.17) is 4.74 Å². The molecule has 5 nitrogen and oxygen atoms in total. The monoisotopic (exact) mass is 298 g/mol. The molecule has 0 aromatic heterocycles. The number of ether oxygens (including phenoxy) is 1. The van der Waals surface area contributed by atoms with Crippen molar-refractivity contribution in [3.63, 3.8) is 0 Å². The van der Waals surface area contributed by atoms with E-state index < -0.39 is 23.5 Å². The summed E-state index contributed by atoms with van der Waals surface area (Å²) in [5.74, 6) is -1.69. The second kappa shape index (κ2) is 6.30. The van der Waals surface area contributed by atoms with Crippen LogP contribution in [0.5, 0.6) is 0 Å². The van der Waals surface area contributed by atoms with Crippen LogP contribution in [0, 0.1) is 0 Å². The van der Waals surface area contributed by atoms with E-state index in [9.17, 15) is 19.2 Å². The summed E-state index contributed by atoms with van der Waals surface area (Å²) in [6, 6.07) is 6.34. The molecule has 5 heteroatoms. The molecule has 1 unspecified atom stereocenters. The van der Waals surface area contributed by atoms with Gasteiger partial charge in [0.25, 0.3) is 0 Å². The van der Waals surface area contributed by atoms with Crippen LogP contribution < -0.4 is 0 Å². The number of hydrogen-bond acceptors (Lipinski definition) is 5. The lowest BCUT2D eigenvalue weighted by molar-refractivity contribution is -0.122. The van der Waals surface area contributed by atoms with Crippen LogP contribution in [0.2, 0.25) is 0 Å². The molecule has 112 valence electrons. The maximum atomic E-state index is 12.4. The van der Waals surface area contributed by atoms with Crippen molar-refractivity contribution >= 4 is 23.6 Å². The first-order valence-corrected chi connectivity index (χ1v) is 6.67. The number of hydrogen-bond donors (Lipinski definition) is 0. The summed E-state index contributed by atoms with van der Waals surface area (Å²) < 4.78 is 5.36. The van der Waals surface area contributed by atoms with Crippen LogP contribution in [-0.4, -0.2) is 29.7 Å². The average Bonchev–Trinajstić information content (AvgIpc) is 2.54. The van der Waals surface area contributed by atoms with Gasteiger partial charge in [-0.2, -0.15) is 0 Å². The number of fused-ring (bicyclic) bond motifs is 1. The smallest absolute Gasteiger partial charge is 0.204 e. The van der Waals surface area contributed by atoms with Crippen molar-refractivity contribution in [2.24, 2.45) is 0 Å². The summed E-state index contributed by atoms with van der Waals surface area (Å²) >= 11 is 0. The summed E-state index contributed by atoms with van der Waals surface area (Å²) in [7, 11) is 0. The average molecular weight is 298 g/mol. The van der Waals surface area contributed by atoms with E-state index in [0.717, 1.165) is 0 Å². The summed E-state index contributed by atoms with van der Waals surface area (Å²) in [4.78, 5) is 47.1. The largest absolute Gasteiger partial charge is 0.479 e. The van der Waals surface area contributed by atoms with Gasteiger partial charge in [0.2, 0.25) is 11.6 Å². The third kappa shape index (κ3) is 2.93. The molecule has 0 saturated carbocycles. The van der Waals surface area contributed by atoms with Crippen LogP contribution >= 0.6 is 0 Å². The Morgan fingerprint density at radius 3 is 2.55 bits per heavy atom. The first-order chi connectivity index (χ1) is 10.5. The molecule has 22 heavy (non-hydrogen) atoms. The van der Waals surface area contributed by atoms with E-state index in [1.807, 2.05) is 0 Å². The van der Waals surface area contributed by atoms with Crippen LogP contribution in [0.3, 0.4) is 0 Å². The van der Waals surface area contributed by atoms with Gasteiger partial charge >= 0.3 is 0 Å². The van der Waals surface area contributed by atoms with E-state index >= 15 is 0 Å². The van der Waals surface area contributed by atoms with Gasteiger partial charge in [0.05, 0.1) is 6.42 Å². The molecule has 0 bridgehead atoms. The van der Waals surface area contributed by atoms with Gasteiger partial charge in [-0.1, -0.05) is 30.8 Å². The number of allylic oxidation sites excluding steroid dienone is 3. The quantitative estimate of drug-likeness (QED) is 0.485. The minimum atomic E-state index is -0.957. The van der Waals surface area contributed by atoms with Gasteiger partial charge in [0.1, 0.15) is 6.29 Å². The predicted octanol–water partition coefficient (Wildman–Crippen LogP) is 2.07. The number of carbonyl (C=O) groups excluding carboxylic acids is 4. The van der Waals surface area contributed by atoms with Gasteiger partial charge in [-0.05, 0) is 13.0 Å². The Kier molecular flexibility index (Phi) is 4.46. The van der Waals surface area contributed by atoms with Gasteiger partial charge in [0, 0.05) is 16.7 Å². The highest BCUT2D eigenvalue weighted by Gasteiger charge is 2.27. The normalized spacial score (nSPS) is 20.7. The third-order valence-electron chi connectivity index (χ3n) is 3.25. The van der Waals surface area contributed by atoms with Crippen molar-refractivity contribution in [1.29, 1.82) is 0 Å². The Morgan fingerprint density at radius 1 is 1.27 bits per heavy atom. The van der Waals surface area contributed by atoms with Gasteiger partial charge in [-0.3, -0.25) is 14.4 Å². The summed E-state index contributed by atoms with van der Waals surface area (Å²) in [5, 5.41) is 0. The lowest BCUT2D eigenvalue weighted by atomic mass is 9.95. The van der Waals surface area contributed by atoms with Crippen molar-refractivity contribution in [2.75, 3.05) is 0 Å². The summed E-state index contributed by atoms with van der Waals surface area (Å²) in [5.41, 5.74) is 0.454. The first kappa shape index (κ1) is 15.6. The molecular weight excluding hydrogens is 284 g/mol. The lowest BCUT2D eigenvalue weighted by Gasteiger charge is -2.15. The Hall–Kier alpha value is -2.82. The fourth-order valence-electron chi connectivity index (χ4n) is 2.11. The number of carbonyl (C=O) groups is 4. The predicted molar refractivity (Wildman–Crippen MR) is 78.6 cm³/mol. The van der Waals surface area contributed by atoms with Crippen molar-refractivity contribution in [3.8, 4) is 0 Å². The molecule has 1 aromatic rings. The van der Waals surface area contributed by atoms with Crippen molar-refractivity contribution in [3.05, 3.63) is 59.4 Å². The molecule has 1 atom stereocenters. The van der Waals surface area contributed by atoms with Crippen LogP contribution in [0.1, 0.15) is 34.1 Å². The molecule has 1 aromatic carbocycles. The van der Waals surface area contributed by atoms with Gasteiger partial charge in [-0.25, -0.2) is 0 Å². The highest BCUT2D eigenvalue weighted by atomic mass is 16.5. The highest BCUT2D eigenvalue weighted by Crippen LogP contribution is 2.22. The van der Waals surface area contributed by atoms with Gasteiger partial charge in [-0.15, -0.1) is 0 Å². The number of ketones is 3. The molecule has 2 rings (SSSR count). The Balaban J connectivity index is 2.54. The molecule has 1 aliphatic rings. The Bertz CT molecular complexity index is 712. The number of rotatable bonds is 3. The molecule has 0 saturated heterocycles. The lowest BCUT2D eigenvalue weighted by Crippen LogP contribution is -2.23. The van der Waals surface area contributed by atoms with E-state index in [1.165, 1.54) is 25.1 Å². The third-order valence-corrected chi connectivity index (χ3v) is 3.25. The van der Waals surface area contributed by atoms with Crippen LogP contribution in [0.15, 0.2) is 48.3 Å². The minimum Gasteiger partial charge on any atom is -0.479 e. The fourth-order valence-corrected chi connectivity index (χ4v) is 2.11. The number of benzene rings is 1. The van der Waals surface area contributed by atoms with Crippen molar-refractivity contribution in [1.82, 2.24) is 0 Å². The van der Waals surface area contributed by atoms with Gasteiger partial charge in [0.15, 0.2) is 17.6 Å². The first-order valence-electron chi connectivity index (χ1n) is 6.67. The topological polar surface area (TPSA) is 77.5 Å². The van der Waals surface area contributed by atoms with Gasteiger partial charge < -0.3 is 9.53 Å². The molecule has 0 N–H and O–H groups in total. The maximum absolute atomic E-state index is 12.4. The SMILES string of the molecule is C=C1/C=C(/C(=O)CC=O)OC(C)C(=O)c2ccccc2C1=O. The molecule has 1 aliphatic heterocycles. The molecule has 0 fully saturated rings. The van der Waals surface area contributed by atoms with E-state index in [-0.39, 0.29) is 28.9 Å². The zero-order valence-electron chi connectivity index (χ0n) is 12.0. The van der Waals surface area contributed by atoms with E-state index in [1.54, 1.807) is 12.1 Å². The van der Waals surface area contributed by atoms with E-state index in [0.29, 0.717) is 6.29 Å². The summed E-state index contributed by atoms with van der Waals surface area (Å²) in [6.45, 7) is 5.11. The minimum absolute atomic E-state index is 0.0172. The molecule has 0 radical (unpaired) electrons. The standard InChI is InChI=1S/C17H14O5/c1-10-9-15(14(19)7-8-18)22-11(2)17(21)13-6-4-3-5-12(13)16(10)20/h3-6,8-9,11H,1,7H2,2H3/b15-9-. The van der Waals surface area contributed by atoms with Crippen LogP contribution in [0.4, 0.5) is 0 Å².